The van der Waals surface area contributed by atoms with E-state index >= 15 is 0 Å². The maximum atomic E-state index is 11.7. The van der Waals surface area contributed by atoms with Crippen molar-refractivity contribution in [1.82, 2.24) is 0 Å². The van der Waals surface area contributed by atoms with Crippen LogP contribution in [0.2, 0.25) is 5.02 Å². The molecule has 1 aliphatic rings. The highest BCUT2D eigenvalue weighted by Crippen LogP contribution is 2.45. The lowest BCUT2D eigenvalue weighted by atomic mass is 10.1. The number of esters is 1. The van der Waals surface area contributed by atoms with Crippen LogP contribution in [-0.4, -0.2) is 12.5 Å². The molecular weight excluding hydrogens is 226 g/mol. The summed E-state index contributed by atoms with van der Waals surface area (Å²) < 4.78 is 5.22. The lowest BCUT2D eigenvalue weighted by Gasteiger charge is -2.12. The van der Waals surface area contributed by atoms with Crippen LogP contribution in [0.1, 0.15) is 18.4 Å². The molecule has 86 valence electrons. The molecule has 16 heavy (non-hydrogen) atoms. The summed E-state index contributed by atoms with van der Waals surface area (Å²) in [6.07, 6.45) is 1.68. The average molecular weight is 240 g/mol. The fourth-order valence-corrected chi connectivity index (χ4v) is 1.74. The van der Waals surface area contributed by atoms with Gasteiger partial charge in [0, 0.05) is 17.1 Å². The third kappa shape index (κ3) is 2.20. The fraction of sp³-hybridized carbons (Fsp3) is 0.417. The number of benzene rings is 1. The van der Waals surface area contributed by atoms with Crippen molar-refractivity contribution >= 4 is 17.6 Å². The SMILES string of the molecule is NCC1(C(=O)OCc2ccccc2Cl)CC1. The molecule has 0 aliphatic heterocycles. The minimum absolute atomic E-state index is 0.199. The number of carbonyl (C=O) groups is 1. The van der Waals surface area contributed by atoms with Crippen molar-refractivity contribution in [2.24, 2.45) is 11.1 Å². The predicted molar refractivity (Wildman–Crippen MR) is 62.0 cm³/mol. The zero-order valence-corrected chi connectivity index (χ0v) is 9.67. The molecule has 1 aromatic rings. The van der Waals surface area contributed by atoms with Gasteiger partial charge >= 0.3 is 5.97 Å². The summed E-state index contributed by atoms with van der Waals surface area (Å²) in [5.41, 5.74) is 5.96. The standard InChI is InChI=1S/C12H14ClNO2/c13-10-4-2-1-3-9(10)7-16-11(15)12(8-14)5-6-12/h1-4H,5-8,14H2. The van der Waals surface area contributed by atoms with E-state index in [-0.39, 0.29) is 12.6 Å². The molecule has 0 aromatic heterocycles. The molecule has 0 unspecified atom stereocenters. The number of rotatable bonds is 4. The van der Waals surface area contributed by atoms with Crippen molar-refractivity contribution in [3.8, 4) is 0 Å². The summed E-state index contributed by atoms with van der Waals surface area (Å²) in [6.45, 7) is 0.592. The molecule has 3 nitrogen and oxygen atoms in total. The summed E-state index contributed by atoms with van der Waals surface area (Å²) in [5.74, 6) is -0.199. The Morgan fingerprint density at radius 1 is 1.44 bits per heavy atom. The molecule has 2 N–H and O–H groups in total. The van der Waals surface area contributed by atoms with Crippen molar-refractivity contribution in [2.45, 2.75) is 19.4 Å². The van der Waals surface area contributed by atoms with E-state index in [1.165, 1.54) is 0 Å². The molecule has 2 rings (SSSR count). The van der Waals surface area contributed by atoms with Crippen molar-refractivity contribution in [3.63, 3.8) is 0 Å². The first-order chi connectivity index (χ1) is 7.68. The quantitative estimate of drug-likeness (QED) is 0.819. The van der Waals surface area contributed by atoms with E-state index in [0.29, 0.717) is 11.6 Å². The van der Waals surface area contributed by atoms with E-state index in [9.17, 15) is 4.79 Å². The van der Waals surface area contributed by atoms with E-state index in [2.05, 4.69) is 0 Å². The van der Waals surface area contributed by atoms with Crippen LogP contribution in [0.4, 0.5) is 0 Å². The Labute approximate surface area is 99.5 Å². The summed E-state index contributed by atoms with van der Waals surface area (Å²) in [4.78, 5) is 11.7. The predicted octanol–water partition coefficient (Wildman–Crippen LogP) is 2.12. The van der Waals surface area contributed by atoms with Crippen molar-refractivity contribution < 1.29 is 9.53 Å². The molecule has 0 spiro atoms. The first-order valence-electron chi connectivity index (χ1n) is 5.29. The summed E-state index contributed by atoms with van der Waals surface area (Å²) >= 11 is 5.96. The molecule has 0 amide bonds. The van der Waals surface area contributed by atoms with Crippen LogP contribution in [0.3, 0.4) is 0 Å². The molecule has 4 heteroatoms. The number of halogens is 1. The van der Waals surface area contributed by atoms with Gasteiger partial charge in [0.25, 0.3) is 0 Å². The maximum absolute atomic E-state index is 11.7. The zero-order chi connectivity index (χ0) is 11.6. The van der Waals surface area contributed by atoms with Crippen molar-refractivity contribution in [3.05, 3.63) is 34.9 Å². The molecule has 1 fully saturated rings. The topological polar surface area (TPSA) is 52.3 Å². The zero-order valence-electron chi connectivity index (χ0n) is 8.91. The highest BCUT2D eigenvalue weighted by molar-refractivity contribution is 6.31. The number of nitrogens with two attached hydrogens (primary N) is 1. The lowest BCUT2D eigenvalue weighted by molar-refractivity contribution is -0.151. The van der Waals surface area contributed by atoms with Crippen LogP contribution in [0.5, 0.6) is 0 Å². The third-order valence-electron chi connectivity index (χ3n) is 2.99. The molecular formula is C12H14ClNO2. The average Bonchev–Trinajstić information content (AvgIpc) is 3.08. The van der Waals surface area contributed by atoms with Gasteiger partial charge in [-0.25, -0.2) is 0 Å². The second-order valence-electron chi connectivity index (χ2n) is 4.15. The summed E-state index contributed by atoms with van der Waals surface area (Å²) in [6, 6.07) is 7.33. The van der Waals surface area contributed by atoms with Gasteiger partial charge in [0.1, 0.15) is 6.61 Å². The molecule has 0 heterocycles. The van der Waals surface area contributed by atoms with Gasteiger partial charge in [-0.2, -0.15) is 0 Å². The molecule has 0 atom stereocenters. The van der Waals surface area contributed by atoms with Gasteiger partial charge in [-0.15, -0.1) is 0 Å². The van der Waals surface area contributed by atoms with Gasteiger partial charge in [-0.3, -0.25) is 4.79 Å². The first-order valence-corrected chi connectivity index (χ1v) is 5.66. The van der Waals surface area contributed by atoms with Gasteiger partial charge in [0.15, 0.2) is 0 Å². The van der Waals surface area contributed by atoms with Crippen LogP contribution in [0.15, 0.2) is 24.3 Å². The number of carbonyl (C=O) groups excluding carboxylic acids is 1. The number of hydrogen-bond acceptors (Lipinski definition) is 3. The lowest BCUT2D eigenvalue weighted by Crippen LogP contribution is -2.27. The maximum Gasteiger partial charge on any atom is 0.313 e. The highest BCUT2D eigenvalue weighted by atomic mass is 35.5. The summed E-state index contributed by atoms with van der Waals surface area (Å²) in [5, 5.41) is 0.618. The smallest absolute Gasteiger partial charge is 0.313 e. The van der Waals surface area contributed by atoms with Crippen LogP contribution < -0.4 is 5.73 Å². The highest BCUT2D eigenvalue weighted by Gasteiger charge is 2.50. The normalized spacial score (nSPS) is 16.9. The van der Waals surface area contributed by atoms with Gasteiger partial charge in [-0.1, -0.05) is 29.8 Å². The second-order valence-corrected chi connectivity index (χ2v) is 4.56. The molecule has 0 bridgehead atoms. The van der Waals surface area contributed by atoms with Crippen LogP contribution in [0, 0.1) is 5.41 Å². The molecule has 1 saturated carbocycles. The Kier molecular flexibility index (Phi) is 3.17. The van der Waals surface area contributed by atoms with Gasteiger partial charge < -0.3 is 10.5 Å². The van der Waals surface area contributed by atoms with Gasteiger partial charge in [0.05, 0.1) is 5.41 Å². The van der Waals surface area contributed by atoms with Crippen LogP contribution in [0.25, 0.3) is 0 Å². The Morgan fingerprint density at radius 3 is 2.69 bits per heavy atom. The van der Waals surface area contributed by atoms with E-state index in [1.807, 2.05) is 18.2 Å². The van der Waals surface area contributed by atoms with Gasteiger partial charge in [-0.05, 0) is 18.9 Å². The molecule has 1 aliphatic carbocycles. The van der Waals surface area contributed by atoms with E-state index in [0.717, 1.165) is 18.4 Å². The Morgan fingerprint density at radius 2 is 2.12 bits per heavy atom. The first kappa shape index (κ1) is 11.4. The van der Waals surface area contributed by atoms with Crippen molar-refractivity contribution in [2.75, 3.05) is 6.54 Å². The molecule has 1 aromatic carbocycles. The monoisotopic (exact) mass is 239 g/mol. The van der Waals surface area contributed by atoms with Crippen molar-refractivity contribution in [1.29, 1.82) is 0 Å². The van der Waals surface area contributed by atoms with Gasteiger partial charge in [0.2, 0.25) is 0 Å². The summed E-state index contributed by atoms with van der Waals surface area (Å²) in [7, 11) is 0. The van der Waals surface area contributed by atoms with E-state index < -0.39 is 5.41 Å². The Hall–Kier alpha value is -1.06. The largest absolute Gasteiger partial charge is 0.460 e. The molecule has 0 saturated heterocycles. The van der Waals surface area contributed by atoms with E-state index in [1.54, 1.807) is 6.07 Å². The molecule has 0 radical (unpaired) electrons. The Balaban J connectivity index is 1.93. The fourth-order valence-electron chi connectivity index (χ4n) is 1.55. The number of hydrogen-bond donors (Lipinski definition) is 1. The third-order valence-corrected chi connectivity index (χ3v) is 3.36. The second kappa shape index (κ2) is 4.44. The van der Waals surface area contributed by atoms with Crippen LogP contribution >= 0.6 is 11.6 Å². The number of ether oxygens (including phenoxy) is 1. The Bertz CT molecular complexity index is 402. The minimum Gasteiger partial charge on any atom is -0.460 e. The van der Waals surface area contributed by atoms with E-state index in [4.69, 9.17) is 22.1 Å². The van der Waals surface area contributed by atoms with Crippen LogP contribution in [-0.2, 0) is 16.1 Å². The minimum atomic E-state index is -0.402.